The number of hydrogen-bond donors (Lipinski definition) is 1. The number of pyridine rings is 1. The van der Waals surface area contributed by atoms with E-state index in [4.69, 9.17) is 0 Å². The first-order valence-corrected chi connectivity index (χ1v) is 12.3. The van der Waals surface area contributed by atoms with E-state index in [2.05, 4.69) is 63.5 Å². The number of hydrogen-bond acceptors (Lipinski definition) is 5. The summed E-state index contributed by atoms with van der Waals surface area (Å²) in [6.45, 7) is 5.48. The number of fused-ring (bicyclic) bond motifs is 1. The monoisotopic (exact) mass is 456 g/mol. The van der Waals surface area contributed by atoms with Gasteiger partial charge in [0.15, 0.2) is 5.82 Å². The number of nitrogens with zero attached hydrogens (tertiary/aromatic N) is 5. The molecule has 0 radical (unpaired) electrons. The molecule has 0 aliphatic heterocycles. The topological polar surface area (TPSA) is 79.7 Å². The van der Waals surface area contributed by atoms with Gasteiger partial charge in [-0.2, -0.15) is 0 Å². The molecule has 2 aromatic carbocycles. The van der Waals surface area contributed by atoms with Gasteiger partial charge in [0.05, 0.1) is 12.6 Å². The molecule has 1 fully saturated rings. The summed E-state index contributed by atoms with van der Waals surface area (Å²) in [5.74, 6) is 0.867. The van der Waals surface area contributed by atoms with Crippen LogP contribution in [0.4, 0.5) is 0 Å². The number of rotatable bonds is 8. The van der Waals surface area contributed by atoms with Gasteiger partial charge in [0.25, 0.3) is 5.56 Å². The molecule has 176 valence electrons. The number of aryl methyl sites for hydroxylation is 1. The molecule has 0 amide bonds. The molecule has 2 aromatic heterocycles. The fourth-order valence-corrected chi connectivity index (χ4v) is 5.30. The molecule has 5 rings (SSSR count). The summed E-state index contributed by atoms with van der Waals surface area (Å²) in [6.07, 6.45) is 5.60. The summed E-state index contributed by atoms with van der Waals surface area (Å²) in [6, 6.07) is 18.9. The molecular weight excluding hydrogens is 424 g/mol. The lowest BCUT2D eigenvalue weighted by Gasteiger charge is -2.35. The van der Waals surface area contributed by atoms with Crippen molar-refractivity contribution in [2.45, 2.75) is 71.1 Å². The van der Waals surface area contributed by atoms with Crippen LogP contribution in [0.1, 0.15) is 67.6 Å². The largest absolute Gasteiger partial charge is 0.322 e. The van der Waals surface area contributed by atoms with Crippen LogP contribution in [0.25, 0.3) is 10.9 Å². The van der Waals surface area contributed by atoms with Crippen LogP contribution in [-0.4, -0.2) is 36.1 Å². The molecule has 1 saturated carbocycles. The maximum Gasteiger partial charge on any atom is 0.252 e. The van der Waals surface area contributed by atoms with E-state index in [1.165, 1.54) is 24.0 Å². The third-order valence-electron chi connectivity index (χ3n) is 7.04. The highest BCUT2D eigenvalue weighted by Gasteiger charge is 2.32. The Morgan fingerprint density at radius 3 is 2.68 bits per heavy atom. The zero-order valence-corrected chi connectivity index (χ0v) is 19.9. The Labute approximate surface area is 199 Å². The van der Waals surface area contributed by atoms with E-state index in [1.54, 1.807) is 0 Å². The normalized spacial score (nSPS) is 15.4. The zero-order chi connectivity index (χ0) is 23.5. The van der Waals surface area contributed by atoms with Gasteiger partial charge >= 0.3 is 0 Å². The van der Waals surface area contributed by atoms with Gasteiger partial charge in [-0.15, -0.1) is 5.10 Å². The lowest BCUT2D eigenvalue weighted by Crippen LogP contribution is -2.39. The van der Waals surface area contributed by atoms with Crippen molar-refractivity contribution < 1.29 is 0 Å². The second-order valence-corrected chi connectivity index (χ2v) is 9.43. The smallest absolute Gasteiger partial charge is 0.252 e. The molecular formula is C27H32N6O. The van der Waals surface area contributed by atoms with Gasteiger partial charge < -0.3 is 4.98 Å². The summed E-state index contributed by atoms with van der Waals surface area (Å²) in [5, 5.41) is 13.9. The van der Waals surface area contributed by atoms with Crippen molar-refractivity contribution >= 4 is 10.9 Å². The van der Waals surface area contributed by atoms with E-state index in [0.717, 1.165) is 41.6 Å². The molecule has 1 unspecified atom stereocenters. The quantitative estimate of drug-likeness (QED) is 0.413. The number of benzene rings is 2. The number of aromatic amines is 1. The van der Waals surface area contributed by atoms with Crippen molar-refractivity contribution in [2.24, 2.45) is 0 Å². The molecule has 0 saturated heterocycles. The lowest BCUT2D eigenvalue weighted by atomic mass is 10.0. The van der Waals surface area contributed by atoms with Gasteiger partial charge in [-0.1, -0.05) is 61.7 Å². The molecule has 4 aromatic rings. The first-order chi connectivity index (χ1) is 16.6. The first-order valence-electron chi connectivity index (χ1n) is 12.3. The lowest BCUT2D eigenvalue weighted by molar-refractivity contribution is 0.112. The summed E-state index contributed by atoms with van der Waals surface area (Å²) in [5.41, 5.74) is 4.01. The fraction of sp³-hybridized carbons (Fsp3) is 0.407. The molecule has 1 aliphatic carbocycles. The predicted molar refractivity (Wildman–Crippen MR) is 133 cm³/mol. The summed E-state index contributed by atoms with van der Waals surface area (Å²) < 4.78 is 1.92. The minimum Gasteiger partial charge on any atom is -0.322 e. The molecule has 1 atom stereocenters. The first kappa shape index (κ1) is 22.5. The van der Waals surface area contributed by atoms with Crippen LogP contribution in [0.3, 0.4) is 0 Å². The van der Waals surface area contributed by atoms with Crippen LogP contribution in [0.15, 0.2) is 59.4 Å². The standard InChI is InChI=1S/C27H32N6O/c1-3-25(26-29-30-31-33(26)17-20-9-5-4-6-10-20)32(23-11-7-8-12-23)18-22-16-21-15-19(2)13-14-24(21)28-27(22)34/h4-6,9-10,13-16,23,25H,3,7-8,11-12,17-18H2,1-2H3,(H,28,34). The molecule has 1 N–H and O–H groups in total. The maximum absolute atomic E-state index is 13.0. The SMILES string of the molecule is CCC(c1nnnn1Cc1ccccc1)N(Cc1cc2cc(C)ccc2[nH]c1=O)C1CCCC1. The maximum atomic E-state index is 13.0. The average molecular weight is 457 g/mol. The van der Waals surface area contributed by atoms with E-state index in [9.17, 15) is 4.79 Å². The van der Waals surface area contributed by atoms with Crippen molar-refractivity contribution in [1.82, 2.24) is 30.1 Å². The van der Waals surface area contributed by atoms with E-state index in [-0.39, 0.29) is 11.6 Å². The molecule has 0 bridgehead atoms. The van der Waals surface area contributed by atoms with Gasteiger partial charge in [0.1, 0.15) is 0 Å². The van der Waals surface area contributed by atoms with Gasteiger partial charge in [-0.3, -0.25) is 9.69 Å². The van der Waals surface area contributed by atoms with Gasteiger partial charge in [-0.25, -0.2) is 4.68 Å². The van der Waals surface area contributed by atoms with Crippen molar-refractivity contribution in [3.8, 4) is 0 Å². The molecule has 1 aliphatic rings. The molecule has 34 heavy (non-hydrogen) atoms. The van der Waals surface area contributed by atoms with Gasteiger partial charge in [0.2, 0.25) is 0 Å². The van der Waals surface area contributed by atoms with E-state index in [1.807, 2.05) is 35.0 Å². The van der Waals surface area contributed by atoms with E-state index < -0.39 is 0 Å². The van der Waals surface area contributed by atoms with Crippen LogP contribution >= 0.6 is 0 Å². The fourth-order valence-electron chi connectivity index (χ4n) is 5.30. The van der Waals surface area contributed by atoms with Crippen molar-refractivity contribution in [3.05, 3.63) is 87.5 Å². The zero-order valence-electron chi connectivity index (χ0n) is 19.9. The highest BCUT2D eigenvalue weighted by atomic mass is 16.1. The minimum absolute atomic E-state index is 0.0157. The molecule has 0 spiro atoms. The molecule has 7 nitrogen and oxygen atoms in total. The van der Waals surface area contributed by atoms with Crippen molar-refractivity contribution in [1.29, 1.82) is 0 Å². The van der Waals surface area contributed by atoms with Crippen LogP contribution in [0.2, 0.25) is 0 Å². The highest BCUT2D eigenvalue weighted by molar-refractivity contribution is 5.79. The third-order valence-corrected chi connectivity index (χ3v) is 7.04. The summed E-state index contributed by atoms with van der Waals surface area (Å²) in [7, 11) is 0. The molecule has 7 heteroatoms. The Balaban J connectivity index is 1.50. The second kappa shape index (κ2) is 9.89. The summed E-state index contributed by atoms with van der Waals surface area (Å²) >= 11 is 0. The Morgan fingerprint density at radius 2 is 1.91 bits per heavy atom. The van der Waals surface area contributed by atoms with Crippen molar-refractivity contribution in [3.63, 3.8) is 0 Å². The Hall–Kier alpha value is -3.32. The Morgan fingerprint density at radius 1 is 1.12 bits per heavy atom. The number of nitrogens with one attached hydrogen (secondary N) is 1. The average Bonchev–Trinajstić information content (AvgIpc) is 3.53. The Bertz CT molecular complexity index is 1310. The van der Waals surface area contributed by atoms with Crippen molar-refractivity contribution in [2.75, 3.05) is 0 Å². The van der Waals surface area contributed by atoms with E-state index >= 15 is 0 Å². The minimum atomic E-state index is -0.0157. The van der Waals surface area contributed by atoms with Gasteiger partial charge in [0, 0.05) is 23.7 Å². The highest BCUT2D eigenvalue weighted by Crippen LogP contribution is 2.33. The molecule has 2 heterocycles. The summed E-state index contributed by atoms with van der Waals surface area (Å²) in [4.78, 5) is 18.6. The number of aromatic nitrogens is 5. The van der Waals surface area contributed by atoms with Crippen LogP contribution in [0.5, 0.6) is 0 Å². The third kappa shape index (κ3) is 4.66. The predicted octanol–water partition coefficient (Wildman–Crippen LogP) is 4.77. The van der Waals surface area contributed by atoms with Crippen LogP contribution in [0, 0.1) is 6.92 Å². The second-order valence-electron chi connectivity index (χ2n) is 9.43. The van der Waals surface area contributed by atoms with E-state index in [0.29, 0.717) is 19.1 Å². The van der Waals surface area contributed by atoms with Gasteiger partial charge in [-0.05, 0) is 65.8 Å². The number of tetrazole rings is 1. The van der Waals surface area contributed by atoms with Crippen LogP contribution in [-0.2, 0) is 13.1 Å². The van der Waals surface area contributed by atoms with Crippen LogP contribution < -0.4 is 5.56 Å². The number of H-pyrrole nitrogens is 1. The Kier molecular flexibility index (Phi) is 6.54.